The maximum atomic E-state index is 13.9. The van der Waals surface area contributed by atoms with Crippen LogP contribution in [0.3, 0.4) is 0 Å². The van der Waals surface area contributed by atoms with Gasteiger partial charge in [-0.3, -0.25) is 4.79 Å². The van der Waals surface area contributed by atoms with Gasteiger partial charge in [-0.1, -0.05) is 54.6 Å². The van der Waals surface area contributed by atoms with Crippen LogP contribution in [0.15, 0.2) is 67.3 Å². The molecule has 0 N–H and O–H groups in total. The Morgan fingerprint density at radius 1 is 1.11 bits per heavy atom. The van der Waals surface area contributed by atoms with Crippen LogP contribution in [-0.2, 0) is 5.41 Å². The Kier molecular flexibility index (Phi) is 3.61. The lowest BCUT2D eigenvalue weighted by molar-refractivity contribution is 0.0925. The Labute approximate surface area is 112 Å². The van der Waals surface area contributed by atoms with Crippen LogP contribution in [0, 0.1) is 5.82 Å². The summed E-state index contributed by atoms with van der Waals surface area (Å²) in [4.78, 5) is 12.6. The highest BCUT2D eigenvalue weighted by molar-refractivity contribution is 6.05. The smallest absolute Gasteiger partial charge is 0.176 e. The molecule has 2 aromatic carbocycles. The summed E-state index contributed by atoms with van der Waals surface area (Å²) in [5, 5.41) is 0. The summed E-state index contributed by atoms with van der Waals surface area (Å²) in [6.07, 6.45) is 1.50. The number of hydrogen-bond donors (Lipinski definition) is 0. The molecule has 0 saturated carbocycles. The molecule has 1 atom stereocenters. The van der Waals surface area contributed by atoms with Gasteiger partial charge in [-0.25, -0.2) is 4.39 Å². The third-order valence-electron chi connectivity index (χ3n) is 3.35. The number of benzene rings is 2. The molecule has 1 nitrogen and oxygen atoms in total. The highest BCUT2D eigenvalue weighted by atomic mass is 19.1. The molecule has 2 rings (SSSR count). The van der Waals surface area contributed by atoms with Crippen LogP contribution in [0.1, 0.15) is 22.8 Å². The van der Waals surface area contributed by atoms with Gasteiger partial charge >= 0.3 is 0 Å². The van der Waals surface area contributed by atoms with Gasteiger partial charge in [-0.05, 0) is 13.0 Å². The molecular formula is C17H15FO. The Balaban J connectivity index is 2.53. The van der Waals surface area contributed by atoms with Crippen LogP contribution < -0.4 is 0 Å². The Morgan fingerprint density at radius 2 is 1.68 bits per heavy atom. The minimum atomic E-state index is -1.06. The third kappa shape index (κ3) is 2.34. The van der Waals surface area contributed by atoms with Crippen LogP contribution in [0.25, 0.3) is 0 Å². The molecule has 0 aromatic heterocycles. The third-order valence-corrected chi connectivity index (χ3v) is 3.35. The van der Waals surface area contributed by atoms with Gasteiger partial charge in [0.2, 0.25) is 0 Å². The van der Waals surface area contributed by atoms with E-state index < -0.39 is 11.2 Å². The average Bonchev–Trinajstić information content (AvgIpc) is 2.47. The topological polar surface area (TPSA) is 17.1 Å². The number of rotatable bonds is 4. The largest absolute Gasteiger partial charge is 0.293 e. The lowest BCUT2D eigenvalue weighted by atomic mass is 9.76. The van der Waals surface area contributed by atoms with Gasteiger partial charge in [0.1, 0.15) is 5.82 Å². The van der Waals surface area contributed by atoms with Gasteiger partial charge in [-0.15, -0.1) is 6.58 Å². The number of ketones is 1. The van der Waals surface area contributed by atoms with E-state index in [1.54, 1.807) is 49.4 Å². The molecule has 0 aliphatic rings. The molecular weight excluding hydrogens is 239 g/mol. The molecule has 19 heavy (non-hydrogen) atoms. The van der Waals surface area contributed by atoms with Gasteiger partial charge in [0.25, 0.3) is 0 Å². The van der Waals surface area contributed by atoms with Crippen molar-refractivity contribution in [3.05, 3.63) is 84.2 Å². The molecule has 0 spiro atoms. The molecule has 0 bridgehead atoms. The van der Waals surface area contributed by atoms with Crippen molar-refractivity contribution in [3.8, 4) is 0 Å². The maximum Gasteiger partial charge on any atom is 0.176 e. The lowest BCUT2D eigenvalue weighted by Gasteiger charge is -2.25. The van der Waals surface area contributed by atoms with Crippen molar-refractivity contribution in [1.29, 1.82) is 0 Å². The van der Waals surface area contributed by atoms with Gasteiger partial charge < -0.3 is 0 Å². The Hall–Kier alpha value is -2.22. The van der Waals surface area contributed by atoms with Crippen molar-refractivity contribution in [2.24, 2.45) is 0 Å². The highest BCUT2D eigenvalue weighted by Crippen LogP contribution is 2.31. The first-order valence-electron chi connectivity index (χ1n) is 6.08. The second-order valence-electron chi connectivity index (χ2n) is 4.58. The predicted octanol–water partition coefficient (Wildman–Crippen LogP) is 4.15. The van der Waals surface area contributed by atoms with Gasteiger partial charge in [0.05, 0.1) is 5.41 Å². The molecule has 0 radical (unpaired) electrons. The normalized spacial score (nSPS) is 13.6. The molecule has 0 heterocycles. The first-order valence-corrected chi connectivity index (χ1v) is 6.08. The van der Waals surface area contributed by atoms with E-state index >= 15 is 0 Å². The summed E-state index contributed by atoms with van der Waals surface area (Å²) in [5.74, 6) is -0.553. The maximum absolute atomic E-state index is 13.9. The van der Waals surface area contributed by atoms with Crippen LogP contribution in [0.2, 0.25) is 0 Å². The number of allylic oxidation sites excluding steroid dienone is 1. The zero-order chi connectivity index (χ0) is 13.9. The van der Waals surface area contributed by atoms with Crippen molar-refractivity contribution in [2.75, 3.05) is 0 Å². The summed E-state index contributed by atoms with van der Waals surface area (Å²) in [5.41, 5.74) is -0.167. The number of Topliss-reactive ketones (excluding diaryl/α,β-unsaturated/α-hetero) is 1. The molecule has 2 aromatic rings. The number of carbonyl (C=O) groups excluding carboxylic acids is 1. The van der Waals surface area contributed by atoms with Crippen molar-refractivity contribution in [2.45, 2.75) is 12.3 Å². The molecule has 0 fully saturated rings. The first-order chi connectivity index (χ1) is 9.09. The molecule has 2 heteroatoms. The van der Waals surface area contributed by atoms with Gasteiger partial charge in [-0.2, -0.15) is 0 Å². The summed E-state index contributed by atoms with van der Waals surface area (Å²) in [6.45, 7) is 5.40. The lowest BCUT2D eigenvalue weighted by Crippen LogP contribution is -2.31. The molecule has 96 valence electrons. The molecule has 0 unspecified atom stereocenters. The van der Waals surface area contributed by atoms with Crippen LogP contribution in [0.5, 0.6) is 0 Å². The summed E-state index contributed by atoms with van der Waals surface area (Å²) in [6, 6.07) is 15.2. The number of carbonyl (C=O) groups is 1. The van der Waals surface area contributed by atoms with E-state index in [4.69, 9.17) is 0 Å². The number of halogens is 1. The Morgan fingerprint density at radius 3 is 2.26 bits per heavy atom. The molecule has 0 saturated heterocycles. The van der Waals surface area contributed by atoms with E-state index in [-0.39, 0.29) is 5.78 Å². The summed E-state index contributed by atoms with van der Waals surface area (Å²) < 4.78 is 13.9. The fraction of sp³-hybridized carbons (Fsp3) is 0.118. The fourth-order valence-corrected chi connectivity index (χ4v) is 2.10. The van der Waals surface area contributed by atoms with Crippen LogP contribution in [-0.4, -0.2) is 5.78 Å². The van der Waals surface area contributed by atoms with Crippen LogP contribution in [0.4, 0.5) is 4.39 Å². The predicted molar refractivity (Wildman–Crippen MR) is 74.7 cm³/mol. The van der Waals surface area contributed by atoms with E-state index in [0.29, 0.717) is 11.1 Å². The Bertz CT molecular complexity index is 604. The van der Waals surface area contributed by atoms with E-state index in [2.05, 4.69) is 6.58 Å². The first kappa shape index (κ1) is 13.2. The van der Waals surface area contributed by atoms with E-state index in [9.17, 15) is 9.18 Å². The molecule has 0 aliphatic carbocycles. The van der Waals surface area contributed by atoms with E-state index in [1.807, 2.05) is 6.07 Å². The van der Waals surface area contributed by atoms with Gasteiger partial charge in [0, 0.05) is 11.1 Å². The van der Waals surface area contributed by atoms with Crippen molar-refractivity contribution in [1.82, 2.24) is 0 Å². The van der Waals surface area contributed by atoms with Crippen molar-refractivity contribution in [3.63, 3.8) is 0 Å². The quantitative estimate of drug-likeness (QED) is 0.591. The van der Waals surface area contributed by atoms with Gasteiger partial charge in [0.15, 0.2) is 5.78 Å². The van der Waals surface area contributed by atoms with Crippen molar-refractivity contribution < 1.29 is 9.18 Å². The monoisotopic (exact) mass is 254 g/mol. The fourth-order valence-electron chi connectivity index (χ4n) is 2.10. The van der Waals surface area contributed by atoms with E-state index in [1.165, 1.54) is 12.1 Å². The molecule has 0 amide bonds. The zero-order valence-corrected chi connectivity index (χ0v) is 10.8. The SMILES string of the molecule is C=C[C@@](C)(C(=O)c1ccccc1)c1ccccc1F. The average molecular weight is 254 g/mol. The zero-order valence-electron chi connectivity index (χ0n) is 10.8. The molecule has 0 aliphatic heterocycles. The summed E-state index contributed by atoms with van der Waals surface area (Å²) >= 11 is 0. The minimum Gasteiger partial charge on any atom is -0.293 e. The van der Waals surface area contributed by atoms with Crippen LogP contribution >= 0.6 is 0 Å². The van der Waals surface area contributed by atoms with Crippen molar-refractivity contribution >= 4 is 5.78 Å². The second-order valence-corrected chi connectivity index (χ2v) is 4.58. The summed E-state index contributed by atoms with van der Waals surface area (Å²) in [7, 11) is 0. The minimum absolute atomic E-state index is 0.159. The standard InChI is InChI=1S/C17H15FO/c1-3-17(2,14-11-7-8-12-15(14)18)16(19)13-9-5-4-6-10-13/h3-12H,1H2,2H3/t17-/m1/s1. The van der Waals surface area contributed by atoms with E-state index in [0.717, 1.165) is 0 Å². The highest BCUT2D eigenvalue weighted by Gasteiger charge is 2.34. The number of hydrogen-bond acceptors (Lipinski definition) is 1. The second kappa shape index (κ2) is 5.19.